The molecule has 9 nitrogen and oxygen atoms in total. The lowest BCUT2D eigenvalue weighted by atomic mass is 10.0. The molecule has 0 saturated carbocycles. The lowest BCUT2D eigenvalue weighted by molar-refractivity contribution is -0.132. The number of halogens is 2. The SMILES string of the molecule is CCCC(=O)N(CCC(=O)NC[C@H](S)Cc1ccccc1F)Cc1ccc(-c2ccccc2S(=O)(=O)NC(=O)[C@H](C)O)cc1F. The molecule has 0 aromatic heterocycles. The number of nitrogens with one attached hydrogen (secondary N) is 2. The molecule has 0 saturated heterocycles. The maximum Gasteiger partial charge on any atom is 0.264 e. The van der Waals surface area contributed by atoms with Crippen molar-refractivity contribution in [3.05, 3.63) is 89.5 Å². The summed E-state index contributed by atoms with van der Waals surface area (Å²) in [5.74, 6) is -2.75. The van der Waals surface area contributed by atoms with Crippen LogP contribution in [-0.2, 0) is 37.4 Å². The molecule has 0 spiro atoms. The van der Waals surface area contributed by atoms with Crippen LogP contribution in [-0.4, -0.2) is 60.6 Å². The topological polar surface area (TPSA) is 133 Å². The minimum Gasteiger partial charge on any atom is -0.384 e. The largest absolute Gasteiger partial charge is 0.384 e. The quantitative estimate of drug-likeness (QED) is 0.182. The molecular formula is C32H37F2N3O6S2. The normalized spacial score (nSPS) is 12.7. The molecule has 0 unspecified atom stereocenters. The van der Waals surface area contributed by atoms with Crippen LogP contribution >= 0.6 is 12.6 Å². The van der Waals surface area contributed by atoms with E-state index < -0.39 is 27.9 Å². The Bertz CT molecular complexity index is 1620. The third kappa shape index (κ3) is 10.4. The highest BCUT2D eigenvalue weighted by Gasteiger charge is 2.24. The Morgan fingerprint density at radius 2 is 1.64 bits per heavy atom. The van der Waals surface area contributed by atoms with E-state index in [2.05, 4.69) is 17.9 Å². The minimum absolute atomic E-state index is 0.0282. The van der Waals surface area contributed by atoms with Crippen molar-refractivity contribution < 1.29 is 36.7 Å². The number of sulfonamides is 1. The molecule has 13 heteroatoms. The average molecular weight is 662 g/mol. The van der Waals surface area contributed by atoms with Gasteiger partial charge in [-0.15, -0.1) is 0 Å². The molecule has 0 radical (unpaired) electrons. The highest BCUT2D eigenvalue weighted by molar-refractivity contribution is 7.90. The molecule has 3 amide bonds. The van der Waals surface area contributed by atoms with Crippen LogP contribution in [0.5, 0.6) is 0 Å². The number of hydrogen-bond donors (Lipinski definition) is 4. The number of nitrogens with zero attached hydrogens (tertiary/aromatic N) is 1. The molecular weight excluding hydrogens is 624 g/mol. The van der Waals surface area contributed by atoms with E-state index in [0.717, 1.165) is 13.0 Å². The Hall–Kier alpha value is -3.81. The van der Waals surface area contributed by atoms with Gasteiger partial charge in [0.15, 0.2) is 0 Å². The van der Waals surface area contributed by atoms with Crippen LogP contribution in [0.15, 0.2) is 71.6 Å². The zero-order valence-electron chi connectivity index (χ0n) is 25.0. The summed E-state index contributed by atoms with van der Waals surface area (Å²) in [6.45, 7) is 3.05. The van der Waals surface area contributed by atoms with Crippen molar-refractivity contribution in [1.82, 2.24) is 14.9 Å². The molecule has 3 N–H and O–H groups in total. The molecule has 2 atom stereocenters. The number of hydrogen-bond acceptors (Lipinski definition) is 7. The predicted molar refractivity (Wildman–Crippen MR) is 170 cm³/mol. The van der Waals surface area contributed by atoms with Crippen molar-refractivity contribution in [2.75, 3.05) is 13.1 Å². The zero-order chi connectivity index (χ0) is 33.1. The number of rotatable bonds is 15. The molecule has 0 aliphatic carbocycles. The molecule has 3 rings (SSSR count). The van der Waals surface area contributed by atoms with Crippen molar-refractivity contribution in [2.45, 2.75) is 62.3 Å². The molecule has 3 aromatic carbocycles. The van der Waals surface area contributed by atoms with Gasteiger partial charge in [-0.3, -0.25) is 14.4 Å². The number of aliphatic hydroxyl groups is 1. The van der Waals surface area contributed by atoms with Crippen LogP contribution in [0, 0.1) is 11.6 Å². The van der Waals surface area contributed by atoms with Gasteiger partial charge in [-0.25, -0.2) is 21.9 Å². The van der Waals surface area contributed by atoms with Crippen molar-refractivity contribution in [2.24, 2.45) is 0 Å². The van der Waals surface area contributed by atoms with Gasteiger partial charge in [-0.1, -0.05) is 55.5 Å². The van der Waals surface area contributed by atoms with Crippen molar-refractivity contribution >= 4 is 40.4 Å². The van der Waals surface area contributed by atoms with Gasteiger partial charge in [0.2, 0.25) is 11.8 Å². The van der Waals surface area contributed by atoms with Crippen molar-refractivity contribution in [1.29, 1.82) is 0 Å². The number of aliphatic hydroxyl groups excluding tert-OH is 1. The van der Waals surface area contributed by atoms with Crippen molar-refractivity contribution in [3.8, 4) is 11.1 Å². The average Bonchev–Trinajstić information content (AvgIpc) is 2.99. The van der Waals surface area contributed by atoms with E-state index in [-0.39, 0.29) is 76.9 Å². The van der Waals surface area contributed by atoms with Crippen molar-refractivity contribution in [3.63, 3.8) is 0 Å². The number of carbonyl (C=O) groups excluding carboxylic acids is 3. The second-order valence-electron chi connectivity index (χ2n) is 10.5. The standard InChI is InChI=1S/C32H37F2N3O6S2/c1-3-8-31(40)37(16-15-30(39)35-19-25(44)17-23-9-4-6-11-27(23)33)20-24-14-13-22(18-28(24)34)26-10-5-7-12-29(26)45(42,43)36-32(41)21(2)38/h4-7,9-14,18,21,25,38,44H,3,8,15-17,19-20H2,1-2H3,(H,35,39)(H,36,41)/t21-,25+/m0/s1. The van der Waals surface area contributed by atoms with E-state index in [9.17, 15) is 32.3 Å². The summed E-state index contributed by atoms with van der Waals surface area (Å²) in [6.07, 6.45) is -0.528. The fourth-order valence-electron chi connectivity index (χ4n) is 4.47. The Balaban J connectivity index is 1.70. The van der Waals surface area contributed by atoms with E-state index in [1.807, 2.05) is 6.92 Å². The van der Waals surface area contributed by atoms with Crippen LogP contribution in [0.25, 0.3) is 11.1 Å². The van der Waals surface area contributed by atoms with Crippen LogP contribution in [0.2, 0.25) is 0 Å². The summed E-state index contributed by atoms with van der Waals surface area (Å²) >= 11 is 4.44. The highest BCUT2D eigenvalue weighted by atomic mass is 32.2. The Morgan fingerprint density at radius 1 is 0.956 bits per heavy atom. The van der Waals surface area contributed by atoms with Gasteiger partial charge in [0.25, 0.3) is 15.9 Å². The summed E-state index contributed by atoms with van der Waals surface area (Å²) < 4.78 is 56.8. The van der Waals surface area contributed by atoms with E-state index in [4.69, 9.17) is 0 Å². The Morgan fingerprint density at radius 3 is 2.31 bits per heavy atom. The zero-order valence-corrected chi connectivity index (χ0v) is 26.7. The summed E-state index contributed by atoms with van der Waals surface area (Å²) in [6, 6.07) is 16.1. The van der Waals surface area contributed by atoms with Crippen LogP contribution in [0.1, 0.15) is 44.2 Å². The maximum absolute atomic E-state index is 15.4. The maximum atomic E-state index is 15.4. The Kier molecular flexibility index (Phi) is 13.1. The molecule has 45 heavy (non-hydrogen) atoms. The van der Waals surface area contributed by atoms with E-state index in [1.165, 1.54) is 41.3 Å². The molecule has 0 aliphatic rings. The molecule has 0 heterocycles. The van der Waals surface area contributed by atoms with E-state index in [0.29, 0.717) is 18.4 Å². The summed E-state index contributed by atoms with van der Waals surface area (Å²) in [5, 5.41) is 11.8. The van der Waals surface area contributed by atoms with Crippen LogP contribution in [0.4, 0.5) is 8.78 Å². The summed E-state index contributed by atoms with van der Waals surface area (Å²) in [7, 11) is -4.38. The van der Waals surface area contributed by atoms with Gasteiger partial charge in [-0.05, 0) is 49.1 Å². The van der Waals surface area contributed by atoms with Crippen LogP contribution in [0.3, 0.4) is 0 Å². The molecule has 0 bridgehead atoms. The minimum atomic E-state index is -4.38. The highest BCUT2D eigenvalue weighted by Crippen LogP contribution is 2.29. The number of carbonyl (C=O) groups is 3. The first-order chi connectivity index (χ1) is 21.3. The van der Waals surface area contributed by atoms with Crippen LogP contribution < -0.4 is 10.0 Å². The molecule has 3 aromatic rings. The Labute approximate surface area is 267 Å². The van der Waals surface area contributed by atoms with E-state index >= 15 is 4.39 Å². The monoisotopic (exact) mass is 661 g/mol. The molecule has 0 fully saturated rings. The third-order valence-corrected chi connectivity index (χ3v) is 8.66. The fraction of sp³-hybridized carbons (Fsp3) is 0.344. The van der Waals surface area contributed by atoms with Gasteiger partial charge in [-0.2, -0.15) is 12.6 Å². The lowest BCUT2D eigenvalue weighted by Gasteiger charge is -2.23. The number of benzene rings is 3. The molecule has 0 aliphatic heterocycles. The van der Waals surface area contributed by atoms with Gasteiger partial charge >= 0.3 is 0 Å². The first kappa shape index (κ1) is 35.7. The first-order valence-corrected chi connectivity index (χ1v) is 16.4. The fourth-order valence-corrected chi connectivity index (χ4v) is 6.04. The second-order valence-corrected chi connectivity index (χ2v) is 12.9. The number of amides is 3. The third-order valence-electron chi connectivity index (χ3n) is 6.89. The van der Waals surface area contributed by atoms with Gasteiger partial charge < -0.3 is 15.3 Å². The number of thiol groups is 1. The summed E-state index contributed by atoms with van der Waals surface area (Å²) in [5.41, 5.74) is 0.988. The van der Waals surface area contributed by atoms with Gasteiger partial charge in [0.05, 0.1) is 4.90 Å². The molecule has 242 valence electrons. The van der Waals surface area contributed by atoms with Gasteiger partial charge in [0.1, 0.15) is 17.7 Å². The first-order valence-electron chi connectivity index (χ1n) is 14.4. The second kappa shape index (κ2) is 16.5. The van der Waals surface area contributed by atoms with Gasteiger partial charge in [0, 0.05) is 48.9 Å². The summed E-state index contributed by atoms with van der Waals surface area (Å²) in [4.78, 5) is 38.4. The van der Waals surface area contributed by atoms with E-state index in [1.54, 1.807) is 29.0 Å². The lowest BCUT2D eigenvalue weighted by Crippen LogP contribution is -2.37. The smallest absolute Gasteiger partial charge is 0.264 e. The predicted octanol–water partition coefficient (Wildman–Crippen LogP) is 3.99.